The molecule has 8 heteroatoms. The third kappa shape index (κ3) is 4.60. The molecular formula is C24H28O7S. The van der Waals surface area contributed by atoms with Gasteiger partial charge < -0.3 is 20.1 Å². The zero-order valence-corrected chi connectivity index (χ0v) is 20.1. The number of hydrogen-bond donors (Lipinski definition) is 3. The highest BCUT2D eigenvalue weighted by atomic mass is 32.2. The third-order valence-corrected chi connectivity index (χ3v) is 6.62. The molecule has 0 heterocycles. The van der Waals surface area contributed by atoms with E-state index >= 15 is 0 Å². The average Bonchev–Trinajstić information content (AvgIpc) is 2.73. The van der Waals surface area contributed by atoms with Crippen molar-refractivity contribution < 1.29 is 34.4 Å². The Morgan fingerprint density at radius 3 is 1.75 bits per heavy atom. The van der Waals surface area contributed by atoms with Crippen LogP contribution in [0.2, 0.25) is 0 Å². The first-order valence-electron chi connectivity index (χ1n) is 10.0. The molecule has 0 aliphatic rings. The van der Waals surface area contributed by atoms with E-state index in [4.69, 9.17) is 4.74 Å². The van der Waals surface area contributed by atoms with Gasteiger partial charge in [0.25, 0.3) is 0 Å². The standard InChI is InChI=1S/C24H28O7S/c1-10(25)8-9-32-24(30)18-12(3)14(5)20(27)16(7)22(18)31-23(29)17-11(2)13(4)19(26)15(6)21(17)28/h26-28H,8-9H2,1-7H3. The normalized spacial score (nSPS) is 10.8. The van der Waals surface area contributed by atoms with Crippen molar-refractivity contribution in [2.24, 2.45) is 0 Å². The summed E-state index contributed by atoms with van der Waals surface area (Å²) in [7, 11) is 0. The van der Waals surface area contributed by atoms with Crippen molar-refractivity contribution in [3.05, 3.63) is 44.5 Å². The van der Waals surface area contributed by atoms with Gasteiger partial charge in [0.05, 0.1) is 5.56 Å². The van der Waals surface area contributed by atoms with Crippen LogP contribution >= 0.6 is 11.8 Å². The Hall–Kier alpha value is -3.00. The largest absolute Gasteiger partial charge is 0.507 e. The average molecular weight is 461 g/mol. The molecule has 0 spiro atoms. The minimum atomic E-state index is -0.917. The van der Waals surface area contributed by atoms with Crippen molar-refractivity contribution in [2.75, 3.05) is 5.75 Å². The molecule has 0 unspecified atom stereocenters. The number of thioether (sulfide) groups is 1. The van der Waals surface area contributed by atoms with Gasteiger partial charge in [-0.1, -0.05) is 11.8 Å². The van der Waals surface area contributed by atoms with Crippen LogP contribution in [0.15, 0.2) is 0 Å². The fourth-order valence-electron chi connectivity index (χ4n) is 3.36. The maximum Gasteiger partial charge on any atom is 0.347 e. The summed E-state index contributed by atoms with van der Waals surface area (Å²) < 4.78 is 5.60. The lowest BCUT2D eigenvalue weighted by atomic mass is 9.96. The number of hydrogen-bond acceptors (Lipinski definition) is 8. The molecule has 0 saturated carbocycles. The SMILES string of the molecule is CC(=O)CCSC(=O)c1c(C)c(C)c(O)c(C)c1OC(=O)c1c(C)c(C)c(O)c(C)c1O. The van der Waals surface area contributed by atoms with Gasteiger partial charge in [0.2, 0.25) is 5.12 Å². The first-order chi connectivity index (χ1) is 14.8. The maximum atomic E-state index is 13.1. The molecule has 0 fully saturated rings. The van der Waals surface area contributed by atoms with Crippen molar-refractivity contribution in [1.82, 2.24) is 0 Å². The van der Waals surface area contributed by atoms with E-state index in [0.717, 1.165) is 11.8 Å². The molecule has 2 aromatic carbocycles. The van der Waals surface area contributed by atoms with Crippen molar-refractivity contribution in [2.45, 2.75) is 54.9 Å². The second-order valence-electron chi connectivity index (χ2n) is 7.85. The third-order valence-electron chi connectivity index (χ3n) is 5.75. The molecule has 0 aliphatic heterocycles. The molecule has 0 radical (unpaired) electrons. The smallest absolute Gasteiger partial charge is 0.347 e. The van der Waals surface area contributed by atoms with Crippen molar-refractivity contribution in [1.29, 1.82) is 0 Å². The van der Waals surface area contributed by atoms with Gasteiger partial charge >= 0.3 is 5.97 Å². The molecular weight excluding hydrogens is 432 g/mol. The Morgan fingerprint density at radius 2 is 1.22 bits per heavy atom. The molecule has 7 nitrogen and oxygen atoms in total. The van der Waals surface area contributed by atoms with Crippen LogP contribution < -0.4 is 4.74 Å². The summed E-state index contributed by atoms with van der Waals surface area (Å²) >= 11 is 0.930. The van der Waals surface area contributed by atoms with Crippen molar-refractivity contribution in [3.8, 4) is 23.0 Å². The highest BCUT2D eigenvalue weighted by Crippen LogP contribution is 2.41. The molecule has 2 aromatic rings. The van der Waals surface area contributed by atoms with Crippen molar-refractivity contribution >= 4 is 28.6 Å². The number of carbonyl (C=O) groups excluding carboxylic acids is 3. The highest BCUT2D eigenvalue weighted by Gasteiger charge is 2.29. The van der Waals surface area contributed by atoms with Gasteiger partial charge in [-0.2, -0.15) is 0 Å². The molecule has 0 aliphatic carbocycles. The zero-order valence-electron chi connectivity index (χ0n) is 19.3. The molecule has 0 amide bonds. The Balaban J connectivity index is 2.60. The molecule has 3 N–H and O–H groups in total. The number of ketones is 1. The number of phenolic OH excluding ortho intramolecular Hbond substituents is 3. The first-order valence-corrected chi connectivity index (χ1v) is 11.0. The summed E-state index contributed by atoms with van der Waals surface area (Å²) in [6.07, 6.45) is 0.222. The maximum absolute atomic E-state index is 13.1. The van der Waals surface area contributed by atoms with Crippen LogP contribution in [0, 0.1) is 41.5 Å². The van der Waals surface area contributed by atoms with E-state index in [0.29, 0.717) is 22.3 Å². The molecule has 0 atom stereocenters. The number of Topliss-reactive ketones (excluding diaryl/α,β-unsaturated/α-hetero) is 1. The molecule has 32 heavy (non-hydrogen) atoms. The van der Waals surface area contributed by atoms with Gasteiger partial charge in [-0.25, -0.2) is 4.79 Å². The van der Waals surface area contributed by atoms with Gasteiger partial charge in [-0.15, -0.1) is 0 Å². The summed E-state index contributed by atoms with van der Waals surface area (Å²) in [5, 5.41) is 30.7. The fraction of sp³-hybridized carbons (Fsp3) is 0.375. The highest BCUT2D eigenvalue weighted by molar-refractivity contribution is 8.14. The van der Waals surface area contributed by atoms with E-state index < -0.39 is 16.8 Å². The number of rotatable bonds is 6. The van der Waals surface area contributed by atoms with Gasteiger partial charge in [0, 0.05) is 23.3 Å². The van der Waals surface area contributed by atoms with E-state index in [2.05, 4.69) is 0 Å². The minimum absolute atomic E-state index is 0.0456. The summed E-state index contributed by atoms with van der Waals surface area (Å²) in [4.78, 5) is 37.3. The topological polar surface area (TPSA) is 121 Å². The van der Waals surface area contributed by atoms with E-state index in [-0.39, 0.29) is 57.5 Å². The van der Waals surface area contributed by atoms with Crippen LogP contribution in [0.1, 0.15) is 67.4 Å². The van der Waals surface area contributed by atoms with Crippen LogP contribution in [0.3, 0.4) is 0 Å². The number of esters is 1. The van der Waals surface area contributed by atoms with Gasteiger partial charge in [-0.05, 0) is 70.7 Å². The van der Waals surface area contributed by atoms with Crippen LogP contribution in [0.25, 0.3) is 0 Å². The van der Waals surface area contributed by atoms with E-state index in [1.165, 1.54) is 20.8 Å². The first kappa shape index (κ1) is 25.3. The molecule has 0 bridgehead atoms. The Labute approximate surface area is 191 Å². The van der Waals surface area contributed by atoms with E-state index in [1.54, 1.807) is 27.7 Å². The molecule has 2 rings (SSSR count). The molecule has 172 valence electrons. The Morgan fingerprint density at radius 1 is 0.719 bits per heavy atom. The fourth-order valence-corrected chi connectivity index (χ4v) is 4.33. The number of benzene rings is 2. The van der Waals surface area contributed by atoms with Gasteiger partial charge in [0.15, 0.2) is 0 Å². The zero-order chi connectivity index (χ0) is 24.5. The molecule has 0 aromatic heterocycles. The second kappa shape index (κ2) is 9.65. The summed E-state index contributed by atoms with van der Waals surface area (Å²) in [6, 6.07) is 0. The number of carbonyl (C=O) groups is 3. The summed E-state index contributed by atoms with van der Waals surface area (Å²) in [5.74, 6) is -1.42. The lowest BCUT2D eigenvalue weighted by Gasteiger charge is -2.20. The minimum Gasteiger partial charge on any atom is -0.507 e. The number of ether oxygens (including phenoxy) is 1. The monoisotopic (exact) mass is 460 g/mol. The predicted molar refractivity (Wildman–Crippen MR) is 123 cm³/mol. The lowest BCUT2D eigenvalue weighted by molar-refractivity contribution is -0.116. The predicted octanol–water partition coefficient (Wildman–Crippen LogP) is 4.73. The van der Waals surface area contributed by atoms with E-state index in [1.807, 2.05) is 0 Å². The number of aromatic hydroxyl groups is 3. The van der Waals surface area contributed by atoms with E-state index in [9.17, 15) is 29.7 Å². The molecule has 0 saturated heterocycles. The van der Waals surface area contributed by atoms with Crippen LogP contribution in [0.4, 0.5) is 0 Å². The quantitative estimate of drug-likeness (QED) is 0.418. The van der Waals surface area contributed by atoms with Crippen LogP contribution in [0.5, 0.6) is 23.0 Å². The van der Waals surface area contributed by atoms with Gasteiger partial charge in [-0.3, -0.25) is 9.59 Å². The van der Waals surface area contributed by atoms with Crippen LogP contribution in [-0.4, -0.2) is 37.9 Å². The lowest BCUT2D eigenvalue weighted by Crippen LogP contribution is -2.16. The second-order valence-corrected chi connectivity index (χ2v) is 8.92. The summed E-state index contributed by atoms with van der Waals surface area (Å²) in [6.45, 7) is 10.9. The Bertz CT molecular complexity index is 1100. The van der Waals surface area contributed by atoms with Gasteiger partial charge in [0.1, 0.15) is 34.3 Å². The van der Waals surface area contributed by atoms with Crippen molar-refractivity contribution in [3.63, 3.8) is 0 Å². The Kier molecular flexibility index (Phi) is 7.62. The summed E-state index contributed by atoms with van der Waals surface area (Å²) in [5.41, 5.74) is 2.04. The number of phenols is 3. The van der Waals surface area contributed by atoms with Crippen LogP contribution in [-0.2, 0) is 4.79 Å².